The van der Waals surface area contributed by atoms with E-state index in [9.17, 15) is 9.59 Å². The molecule has 1 heterocycles. The minimum absolute atomic E-state index is 0.000946. The van der Waals surface area contributed by atoms with Crippen LogP contribution >= 0.6 is 0 Å². The molecule has 0 radical (unpaired) electrons. The Hall–Kier alpha value is -2.63. The van der Waals surface area contributed by atoms with Gasteiger partial charge in [0.2, 0.25) is 5.91 Å². The molecule has 21 heavy (non-hydrogen) atoms. The second-order valence-corrected chi connectivity index (χ2v) is 4.43. The number of nitrogens with zero attached hydrogens (tertiary/aromatic N) is 2. The first kappa shape index (κ1) is 14.8. The van der Waals surface area contributed by atoms with E-state index in [1.807, 2.05) is 30.3 Å². The van der Waals surface area contributed by atoms with Crippen LogP contribution in [0.3, 0.4) is 0 Å². The first-order valence-electron chi connectivity index (χ1n) is 6.67. The number of carbonyl (C=O) groups excluding carboxylic acids is 2. The van der Waals surface area contributed by atoms with Gasteiger partial charge in [-0.1, -0.05) is 30.3 Å². The number of imidazole rings is 1. The number of benzene rings is 1. The van der Waals surface area contributed by atoms with Crippen LogP contribution in [0.25, 0.3) is 11.3 Å². The van der Waals surface area contributed by atoms with Gasteiger partial charge in [0.1, 0.15) is 12.2 Å². The van der Waals surface area contributed by atoms with Crippen molar-refractivity contribution in [2.24, 2.45) is 0 Å². The molecule has 0 aliphatic rings. The van der Waals surface area contributed by atoms with Gasteiger partial charge in [0.25, 0.3) is 0 Å². The lowest BCUT2D eigenvalue weighted by atomic mass is 10.2. The molecule has 1 aromatic heterocycles. The van der Waals surface area contributed by atoms with E-state index < -0.39 is 0 Å². The van der Waals surface area contributed by atoms with Crippen LogP contribution in [0.5, 0.6) is 0 Å². The summed E-state index contributed by atoms with van der Waals surface area (Å²) in [6.45, 7) is 3.45. The number of carbonyl (C=O) groups is 2. The highest BCUT2D eigenvalue weighted by Crippen LogP contribution is 2.18. The zero-order chi connectivity index (χ0) is 15.2. The van der Waals surface area contributed by atoms with E-state index in [0.29, 0.717) is 18.1 Å². The first-order valence-corrected chi connectivity index (χ1v) is 6.67. The number of hydrogen-bond donors (Lipinski definition) is 1. The minimum Gasteiger partial charge on any atom is -0.466 e. The van der Waals surface area contributed by atoms with Gasteiger partial charge in [-0.3, -0.25) is 15.0 Å². The van der Waals surface area contributed by atoms with E-state index in [4.69, 9.17) is 4.74 Å². The normalized spacial score (nSPS) is 10.2. The molecule has 0 spiro atoms. The molecule has 0 saturated heterocycles. The fraction of sp³-hybridized carbons (Fsp3) is 0.267. The summed E-state index contributed by atoms with van der Waals surface area (Å²) >= 11 is 0. The van der Waals surface area contributed by atoms with Crippen LogP contribution in [0.15, 0.2) is 36.5 Å². The summed E-state index contributed by atoms with van der Waals surface area (Å²) in [5.74, 6) is -0.186. The van der Waals surface area contributed by atoms with E-state index >= 15 is 0 Å². The van der Waals surface area contributed by atoms with E-state index in [2.05, 4.69) is 10.4 Å². The molecule has 2 aromatic rings. The van der Waals surface area contributed by atoms with Crippen LogP contribution in [-0.2, 0) is 20.7 Å². The van der Waals surface area contributed by atoms with E-state index in [1.165, 1.54) is 11.6 Å². The largest absolute Gasteiger partial charge is 0.466 e. The standard InChI is InChI=1S/C15H17N3O3/c1-3-21-15(20)9-14-16-13(10-18(14)17-11(2)19)12-7-5-4-6-8-12/h4-8,10H,3,9H2,1-2H3,(H,17,19). The first-order chi connectivity index (χ1) is 10.1. The van der Waals surface area contributed by atoms with Crippen molar-refractivity contribution in [3.05, 3.63) is 42.4 Å². The fourth-order valence-corrected chi connectivity index (χ4v) is 1.90. The number of aromatic nitrogens is 2. The Morgan fingerprint density at radius 1 is 1.29 bits per heavy atom. The quantitative estimate of drug-likeness (QED) is 0.850. The topological polar surface area (TPSA) is 73.2 Å². The zero-order valence-corrected chi connectivity index (χ0v) is 12.0. The zero-order valence-electron chi connectivity index (χ0n) is 12.0. The van der Waals surface area contributed by atoms with Crippen LogP contribution in [-0.4, -0.2) is 28.1 Å². The van der Waals surface area contributed by atoms with Crippen molar-refractivity contribution in [2.45, 2.75) is 20.3 Å². The summed E-state index contributed by atoms with van der Waals surface area (Å²) in [6, 6.07) is 9.53. The highest BCUT2D eigenvalue weighted by atomic mass is 16.5. The Bertz CT molecular complexity index is 635. The molecule has 0 bridgehead atoms. The Morgan fingerprint density at radius 2 is 2.00 bits per heavy atom. The molecule has 1 aromatic carbocycles. The van der Waals surface area contributed by atoms with Gasteiger partial charge >= 0.3 is 5.97 Å². The van der Waals surface area contributed by atoms with Crippen LogP contribution < -0.4 is 5.43 Å². The maximum Gasteiger partial charge on any atom is 0.313 e. The monoisotopic (exact) mass is 287 g/mol. The maximum absolute atomic E-state index is 11.6. The summed E-state index contributed by atoms with van der Waals surface area (Å²) in [5, 5.41) is 0. The fourth-order valence-electron chi connectivity index (χ4n) is 1.90. The summed E-state index contributed by atoms with van der Waals surface area (Å²) < 4.78 is 6.38. The Morgan fingerprint density at radius 3 is 2.62 bits per heavy atom. The predicted molar refractivity (Wildman–Crippen MR) is 78.0 cm³/mol. The van der Waals surface area contributed by atoms with Crippen molar-refractivity contribution < 1.29 is 14.3 Å². The molecule has 6 heteroatoms. The molecule has 1 N–H and O–H groups in total. The molecule has 110 valence electrons. The molecule has 0 aliphatic heterocycles. The highest BCUT2D eigenvalue weighted by Gasteiger charge is 2.14. The molecule has 0 aliphatic carbocycles. The van der Waals surface area contributed by atoms with Crippen molar-refractivity contribution >= 4 is 11.9 Å². The average Bonchev–Trinajstić information content (AvgIpc) is 2.82. The van der Waals surface area contributed by atoms with Crippen molar-refractivity contribution in [1.82, 2.24) is 9.66 Å². The van der Waals surface area contributed by atoms with Gasteiger partial charge in [0.15, 0.2) is 0 Å². The average molecular weight is 287 g/mol. The van der Waals surface area contributed by atoms with Crippen molar-refractivity contribution in [2.75, 3.05) is 12.0 Å². The Labute approximate surface area is 122 Å². The number of rotatable bonds is 5. The van der Waals surface area contributed by atoms with Gasteiger partial charge in [-0.25, -0.2) is 9.66 Å². The van der Waals surface area contributed by atoms with Crippen LogP contribution in [0.2, 0.25) is 0 Å². The third kappa shape index (κ3) is 3.92. The molecule has 0 fully saturated rings. The number of hydrogen-bond acceptors (Lipinski definition) is 4. The van der Waals surface area contributed by atoms with Gasteiger partial charge in [0, 0.05) is 12.5 Å². The molecular formula is C15H17N3O3. The molecule has 2 rings (SSSR count). The SMILES string of the molecule is CCOC(=O)Cc1nc(-c2ccccc2)cn1NC(C)=O. The van der Waals surface area contributed by atoms with Crippen molar-refractivity contribution in [1.29, 1.82) is 0 Å². The summed E-state index contributed by atoms with van der Waals surface area (Å²) in [4.78, 5) is 27.3. The van der Waals surface area contributed by atoms with Crippen molar-refractivity contribution in [3.8, 4) is 11.3 Å². The molecule has 1 amide bonds. The lowest BCUT2D eigenvalue weighted by Gasteiger charge is -2.06. The molecule has 0 unspecified atom stereocenters. The molecular weight excluding hydrogens is 270 g/mol. The van der Waals surface area contributed by atoms with Crippen LogP contribution in [0.4, 0.5) is 0 Å². The number of nitrogens with one attached hydrogen (secondary N) is 1. The van der Waals surface area contributed by atoms with Crippen molar-refractivity contribution in [3.63, 3.8) is 0 Å². The third-order valence-electron chi connectivity index (χ3n) is 2.73. The van der Waals surface area contributed by atoms with Gasteiger partial charge < -0.3 is 4.74 Å². The van der Waals surface area contributed by atoms with E-state index in [1.54, 1.807) is 13.1 Å². The van der Waals surface area contributed by atoms with E-state index in [-0.39, 0.29) is 18.3 Å². The minimum atomic E-state index is -0.380. The van der Waals surface area contributed by atoms with Gasteiger partial charge in [0.05, 0.1) is 18.5 Å². The smallest absolute Gasteiger partial charge is 0.313 e. The Kier molecular flexibility index (Phi) is 4.71. The second kappa shape index (κ2) is 6.69. The third-order valence-corrected chi connectivity index (χ3v) is 2.73. The Balaban J connectivity index is 2.31. The number of amides is 1. The van der Waals surface area contributed by atoms with Gasteiger partial charge in [-0.2, -0.15) is 0 Å². The maximum atomic E-state index is 11.6. The molecule has 0 atom stereocenters. The molecule has 0 saturated carbocycles. The van der Waals surface area contributed by atoms with Gasteiger partial charge in [-0.15, -0.1) is 0 Å². The molecule has 6 nitrogen and oxygen atoms in total. The van der Waals surface area contributed by atoms with Crippen LogP contribution in [0.1, 0.15) is 19.7 Å². The summed E-state index contributed by atoms with van der Waals surface area (Å²) in [6.07, 6.45) is 1.69. The lowest BCUT2D eigenvalue weighted by Crippen LogP contribution is -2.23. The van der Waals surface area contributed by atoms with Crippen LogP contribution in [0, 0.1) is 0 Å². The lowest BCUT2D eigenvalue weighted by molar-refractivity contribution is -0.142. The highest BCUT2D eigenvalue weighted by molar-refractivity contribution is 5.81. The summed E-state index contributed by atoms with van der Waals surface area (Å²) in [7, 11) is 0. The predicted octanol–water partition coefficient (Wildman–Crippen LogP) is 1.75. The second-order valence-electron chi connectivity index (χ2n) is 4.43. The summed E-state index contributed by atoms with van der Waals surface area (Å²) in [5.41, 5.74) is 4.21. The number of ether oxygens (including phenoxy) is 1. The van der Waals surface area contributed by atoms with E-state index in [0.717, 1.165) is 5.56 Å². The van der Waals surface area contributed by atoms with Gasteiger partial charge in [-0.05, 0) is 6.92 Å². The number of esters is 1.